The van der Waals surface area contributed by atoms with Crippen LogP contribution in [-0.4, -0.2) is 133 Å². The van der Waals surface area contributed by atoms with Crippen molar-refractivity contribution in [2.75, 3.05) is 108 Å². The SMILES string of the molecule is O=S(=O)([O-])CCNc1nc(Nc2cccc(Nc3nc(NCCS(=O)(=O)[O-])nc(N4CCOCC4)n3)c2)nc(N2CCOCC2)n1.[Na+].[Na+]. The third-order valence-electron chi connectivity index (χ3n) is 6.48. The van der Waals surface area contributed by atoms with Gasteiger partial charge in [0.1, 0.15) is 0 Å². The minimum atomic E-state index is -4.43. The minimum absolute atomic E-state index is 0. The quantitative estimate of drug-likeness (QED) is 0.0888. The molecule has 24 heteroatoms. The number of aromatic nitrogens is 6. The van der Waals surface area contributed by atoms with Crippen LogP contribution < -0.4 is 90.2 Å². The molecule has 0 bridgehead atoms. The van der Waals surface area contributed by atoms with E-state index < -0.39 is 31.7 Å². The number of hydrogen-bond acceptors (Lipinski definition) is 20. The second-order valence-corrected chi connectivity index (χ2v) is 13.0. The van der Waals surface area contributed by atoms with E-state index in [4.69, 9.17) is 9.47 Å². The molecule has 4 N–H and O–H groups in total. The van der Waals surface area contributed by atoms with E-state index in [1.807, 2.05) is 9.80 Å². The van der Waals surface area contributed by atoms with E-state index in [2.05, 4.69) is 51.2 Å². The van der Waals surface area contributed by atoms with Crippen molar-refractivity contribution in [1.29, 1.82) is 0 Å². The molecular formula is C24H32N12Na2O8S2. The normalized spacial score (nSPS) is 15.1. The predicted octanol–water partition coefficient (Wildman–Crippen LogP) is -6.86. The van der Waals surface area contributed by atoms with E-state index >= 15 is 0 Å². The van der Waals surface area contributed by atoms with Crippen LogP contribution in [0.1, 0.15) is 0 Å². The molecule has 3 aromatic rings. The first-order valence-corrected chi connectivity index (χ1v) is 17.3. The predicted molar refractivity (Wildman–Crippen MR) is 165 cm³/mol. The first-order valence-electron chi connectivity index (χ1n) is 14.2. The van der Waals surface area contributed by atoms with Gasteiger partial charge in [-0.25, -0.2) is 16.8 Å². The van der Waals surface area contributed by atoms with Crippen molar-refractivity contribution in [3.05, 3.63) is 24.3 Å². The Hall–Kier alpha value is -2.22. The molecule has 20 nitrogen and oxygen atoms in total. The standard InChI is InChI=1S/C24H34N12O8S2.2Na/c37-45(38,39)14-4-25-19-29-21(33-23(31-19)35-6-10-43-11-7-35)27-17-2-1-3-18(16-17)28-22-30-20(26-5-15-46(40,41)42)32-24(34-22)36-8-12-44-13-9-36;;/h1-3,16H,4-15H2,(H,37,38,39)(H,40,41,42)(H2,25,27,29,31,33)(H2,26,28,30,32,34);;/q;2*+1/p-2. The molecule has 0 aliphatic carbocycles. The molecule has 0 atom stereocenters. The molecule has 0 radical (unpaired) electrons. The van der Waals surface area contributed by atoms with Gasteiger partial charge in [0.25, 0.3) is 0 Å². The molecule has 2 fully saturated rings. The molecule has 0 saturated carbocycles. The molecule has 2 aliphatic heterocycles. The van der Waals surface area contributed by atoms with Gasteiger partial charge >= 0.3 is 59.1 Å². The van der Waals surface area contributed by atoms with Crippen LogP contribution in [0.4, 0.5) is 47.1 Å². The number of nitrogens with one attached hydrogen (secondary N) is 4. The molecule has 1 aromatic carbocycles. The smallest absolute Gasteiger partial charge is 0.748 e. The maximum atomic E-state index is 11.1. The molecule has 0 amide bonds. The number of benzene rings is 1. The summed E-state index contributed by atoms with van der Waals surface area (Å²) in [6, 6.07) is 7.03. The first-order chi connectivity index (χ1) is 22.0. The Morgan fingerprint density at radius 1 is 0.625 bits per heavy atom. The fourth-order valence-electron chi connectivity index (χ4n) is 4.32. The molecule has 5 rings (SSSR count). The average Bonchev–Trinajstić information content (AvgIpc) is 3.01. The number of ether oxygens (including phenoxy) is 2. The maximum Gasteiger partial charge on any atom is 1.00 e. The Morgan fingerprint density at radius 3 is 1.38 bits per heavy atom. The summed E-state index contributed by atoms with van der Waals surface area (Å²) in [6.45, 7) is 3.74. The number of morpholine rings is 2. The monoisotopic (exact) mass is 726 g/mol. The van der Waals surface area contributed by atoms with Crippen molar-refractivity contribution in [2.45, 2.75) is 0 Å². The fourth-order valence-corrected chi connectivity index (χ4v) is 5.02. The Balaban J connectivity index is 0.00000312. The molecule has 0 unspecified atom stereocenters. The number of nitrogens with zero attached hydrogens (tertiary/aromatic N) is 8. The Labute approximate surface area is 321 Å². The van der Waals surface area contributed by atoms with Crippen molar-refractivity contribution in [1.82, 2.24) is 29.9 Å². The molecule has 2 saturated heterocycles. The van der Waals surface area contributed by atoms with Gasteiger partial charge in [0.2, 0.25) is 35.7 Å². The summed E-state index contributed by atoms with van der Waals surface area (Å²) in [5, 5.41) is 11.8. The second-order valence-electron chi connectivity index (χ2n) is 9.97. The van der Waals surface area contributed by atoms with Crippen molar-refractivity contribution >= 4 is 67.3 Å². The minimum Gasteiger partial charge on any atom is -0.748 e. The van der Waals surface area contributed by atoms with Crippen molar-refractivity contribution in [3.63, 3.8) is 0 Å². The van der Waals surface area contributed by atoms with Crippen LogP contribution in [0.2, 0.25) is 0 Å². The van der Waals surface area contributed by atoms with E-state index in [-0.39, 0.29) is 96.0 Å². The van der Waals surface area contributed by atoms with Crippen molar-refractivity contribution in [2.24, 2.45) is 0 Å². The molecule has 250 valence electrons. The van der Waals surface area contributed by atoms with Crippen LogP contribution in [0.15, 0.2) is 24.3 Å². The first kappa shape index (κ1) is 40.2. The van der Waals surface area contributed by atoms with Crippen LogP contribution in [0.5, 0.6) is 0 Å². The third kappa shape index (κ3) is 13.2. The molecule has 48 heavy (non-hydrogen) atoms. The largest absolute Gasteiger partial charge is 1.00 e. The summed E-state index contributed by atoms with van der Waals surface area (Å²) in [6.07, 6.45) is 0. The topological polar surface area (TPSA) is 265 Å². The van der Waals surface area contributed by atoms with Crippen LogP contribution in [-0.2, 0) is 29.7 Å². The number of anilines is 8. The van der Waals surface area contributed by atoms with E-state index in [1.54, 1.807) is 24.3 Å². The number of rotatable bonds is 14. The van der Waals surface area contributed by atoms with Gasteiger partial charge in [0, 0.05) is 50.6 Å². The molecule has 0 spiro atoms. The van der Waals surface area contributed by atoms with Gasteiger partial charge in [0.05, 0.1) is 58.2 Å². The van der Waals surface area contributed by atoms with Crippen LogP contribution in [0, 0.1) is 0 Å². The zero-order valence-corrected chi connectivity index (χ0v) is 32.1. The Morgan fingerprint density at radius 2 is 1.00 bits per heavy atom. The fraction of sp³-hybridized carbons (Fsp3) is 0.500. The van der Waals surface area contributed by atoms with Gasteiger partial charge < -0.3 is 49.6 Å². The summed E-state index contributed by atoms with van der Waals surface area (Å²) in [5.74, 6) is -0.0965. The maximum absolute atomic E-state index is 11.1. The van der Waals surface area contributed by atoms with E-state index in [0.29, 0.717) is 75.9 Å². The van der Waals surface area contributed by atoms with Gasteiger partial charge in [-0.3, -0.25) is 0 Å². The summed E-state index contributed by atoms with van der Waals surface area (Å²) in [4.78, 5) is 30.3. The number of hydrogen-bond donors (Lipinski definition) is 4. The molecule has 2 aromatic heterocycles. The molecule has 2 aliphatic rings. The van der Waals surface area contributed by atoms with E-state index in [9.17, 15) is 25.9 Å². The molecule has 4 heterocycles. The summed E-state index contributed by atoms with van der Waals surface area (Å²) in [5.41, 5.74) is 1.14. The van der Waals surface area contributed by atoms with Crippen molar-refractivity contribution < 1.29 is 94.5 Å². The average molecular weight is 727 g/mol. The summed E-state index contributed by atoms with van der Waals surface area (Å²) >= 11 is 0. The second kappa shape index (κ2) is 18.7. The zero-order valence-electron chi connectivity index (χ0n) is 26.5. The summed E-state index contributed by atoms with van der Waals surface area (Å²) < 4.78 is 77.2. The van der Waals surface area contributed by atoms with Gasteiger partial charge in [-0.1, -0.05) is 6.07 Å². The zero-order chi connectivity index (χ0) is 32.6. The van der Waals surface area contributed by atoms with Gasteiger partial charge in [-0.15, -0.1) is 0 Å². The van der Waals surface area contributed by atoms with Crippen LogP contribution in [0.3, 0.4) is 0 Å². The van der Waals surface area contributed by atoms with E-state index in [1.165, 1.54) is 0 Å². The van der Waals surface area contributed by atoms with Crippen LogP contribution in [0.25, 0.3) is 0 Å². The Bertz CT molecular complexity index is 1600. The third-order valence-corrected chi connectivity index (χ3v) is 7.89. The van der Waals surface area contributed by atoms with Gasteiger partial charge in [-0.2, -0.15) is 29.9 Å². The van der Waals surface area contributed by atoms with Crippen LogP contribution >= 0.6 is 0 Å². The molecular weight excluding hydrogens is 694 g/mol. The summed E-state index contributed by atoms with van der Waals surface area (Å²) in [7, 11) is -8.87. The van der Waals surface area contributed by atoms with Gasteiger partial charge in [0.15, 0.2) is 0 Å². The van der Waals surface area contributed by atoms with E-state index in [0.717, 1.165) is 0 Å². The van der Waals surface area contributed by atoms with Gasteiger partial charge in [-0.05, 0) is 18.2 Å². The van der Waals surface area contributed by atoms with Crippen molar-refractivity contribution in [3.8, 4) is 0 Å². The Kier molecular flexibility index (Phi) is 15.7.